The molecule has 8 nitrogen and oxygen atoms in total. The number of hydrogen-bond donors (Lipinski definition) is 0. The highest BCUT2D eigenvalue weighted by atomic mass is 16.6. The van der Waals surface area contributed by atoms with Gasteiger partial charge in [-0.1, -0.05) is 25.1 Å². The van der Waals surface area contributed by atoms with E-state index in [1.807, 2.05) is 25.5 Å². The summed E-state index contributed by atoms with van der Waals surface area (Å²) in [4.78, 5) is 29.1. The number of nitrogens with zero attached hydrogens (tertiary/aromatic N) is 4. The standard InChI is InChI=1S/C27H34N4O4/c1-5-23(32)29-15-16-34-25-24-21(13-14-30(22(24)17-29)26(33)35-27(2,3)4)31(28-25)20-11-9-19(10-12-20)18-7-6-8-18/h5,9-12,18,22H,1,6-8,13-17H2,2-4H3. The van der Waals surface area contributed by atoms with Gasteiger partial charge in [-0.05, 0) is 63.3 Å². The highest BCUT2D eigenvalue weighted by molar-refractivity contribution is 5.87. The average molecular weight is 479 g/mol. The summed E-state index contributed by atoms with van der Waals surface area (Å²) in [5.41, 5.74) is 3.59. The van der Waals surface area contributed by atoms with Crippen molar-refractivity contribution in [1.82, 2.24) is 19.6 Å². The maximum absolute atomic E-state index is 13.2. The van der Waals surface area contributed by atoms with E-state index in [0.717, 1.165) is 16.9 Å². The number of aromatic nitrogens is 2. The van der Waals surface area contributed by atoms with Crippen molar-refractivity contribution in [3.8, 4) is 11.6 Å². The molecule has 0 bridgehead atoms. The van der Waals surface area contributed by atoms with Crippen LogP contribution in [-0.2, 0) is 16.0 Å². The van der Waals surface area contributed by atoms with Gasteiger partial charge < -0.3 is 14.4 Å². The van der Waals surface area contributed by atoms with E-state index < -0.39 is 17.7 Å². The van der Waals surface area contributed by atoms with Crippen LogP contribution in [0.4, 0.5) is 4.79 Å². The molecule has 186 valence electrons. The lowest BCUT2D eigenvalue weighted by Gasteiger charge is -2.40. The van der Waals surface area contributed by atoms with Crippen LogP contribution >= 0.6 is 0 Å². The molecule has 35 heavy (non-hydrogen) atoms. The van der Waals surface area contributed by atoms with E-state index in [2.05, 4.69) is 30.8 Å². The molecule has 1 aromatic carbocycles. The highest BCUT2D eigenvalue weighted by Crippen LogP contribution is 2.40. The largest absolute Gasteiger partial charge is 0.474 e. The highest BCUT2D eigenvalue weighted by Gasteiger charge is 2.41. The molecule has 2 aliphatic heterocycles. The first-order chi connectivity index (χ1) is 16.7. The maximum atomic E-state index is 13.2. The summed E-state index contributed by atoms with van der Waals surface area (Å²) in [6.07, 6.45) is 5.34. The number of amides is 2. The summed E-state index contributed by atoms with van der Waals surface area (Å²) in [7, 11) is 0. The number of benzene rings is 1. The molecular weight excluding hydrogens is 444 g/mol. The van der Waals surface area contributed by atoms with Gasteiger partial charge in [0.2, 0.25) is 11.8 Å². The lowest BCUT2D eigenvalue weighted by Crippen LogP contribution is -2.49. The molecule has 3 heterocycles. The first-order valence-electron chi connectivity index (χ1n) is 12.5. The Morgan fingerprint density at radius 2 is 1.91 bits per heavy atom. The third kappa shape index (κ3) is 4.54. The van der Waals surface area contributed by atoms with Crippen LogP contribution in [0.25, 0.3) is 5.69 Å². The molecule has 1 saturated carbocycles. The number of rotatable bonds is 3. The molecule has 8 heteroatoms. The van der Waals surface area contributed by atoms with Gasteiger partial charge in [0.25, 0.3) is 0 Å². The molecule has 3 aliphatic rings. The van der Waals surface area contributed by atoms with Crippen molar-refractivity contribution in [2.45, 2.75) is 64.0 Å². The van der Waals surface area contributed by atoms with Crippen molar-refractivity contribution in [2.24, 2.45) is 0 Å². The molecule has 1 fully saturated rings. The Morgan fingerprint density at radius 3 is 2.54 bits per heavy atom. The van der Waals surface area contributed by atoms with Gasteiger partial charge in [-0.15, -0.1) is 5.10 Å². The Morgan fingerprint density at radius 1 is 1.17 bits per heavy atom. The van der Waals surface area contributed by atoms with E-state index in [-0.39, 0.29) is 5.91 Å². The summed E-state index contributed by atoms with van der Waals surface area (Å²) < 4.78 is 13.7. The fourth-order valence-corrected chi connectivity index (χ4v) is 5.12. The quantitative estimate of drug-likeness (QED) is 0.612. The van der Waals surface area contributed by atoms with Crippen LogP contribution in [0.3, 0.4) is 0 Å². The van der Waals surface area contributed by atoms with Crippen LogP contribution in [0.15, 0.2) is 36.9 Å². The van der Waals surface area contributed by atoms with Crippen molar-refractivity contribution in [3.63, 3.8) is 0 Å². The molecular formula is C27H34N4O4. The molecule has 0 radical (unpaired) electrons. The zero-order chi connectivity index (χ0) is 24.7. The van der Waals surface area contributed by atoms with Crippen molar-refractivity contribution in [1.29, 1.82) is 0 Å². The molecule has 0 N–H and O–H groups in total. The predicted molar refractivity (Wildman–Crippen MR) is 132 cm³/mol. The third-order valence-corrected chi connectivity index (χ3v) is 7.11. The predicted octanol–water partition coefficient (Wildman–Crippen LogP) is 4.38. The molecule has 1 aliphatic carbocycles. The zero-order valence-electron chi connectivity index (χ0n) is 20.8. The zero-order valence-corrected chi connectivity index (χ0v) is 20.8. The lowest BCUT2D eigenvalue weighted by molar-refractivity contribution is -0.127. The Bertz CT molecular complexity index is 1130. The molecule has 2 amide bonds. The van der Waals surface area contributed by atoms with Crippen LogP contribution in [0.1, 0.15) is 68.8 Å². The van der Waals surface area contributed by atoms with Crippen LogP contribution in [0.2, 0.25) is 0 Å². The second-order valence-corrected chi connectivity index (χ2v) is 10.6. The SMILES string of the molecule is C=CC(=O)N1CCOc2nn(-c3ccc(C4CCC4)cc3)c3c2C(C1)N(C(=O)OC(C)(C)C)CC3. The van der Waals surface area contributed by atoms with Crippen molar-refractivity contribution < 1.29 is 19.1 Å². The van der Waals surface area contributed by atoms with Gasteiger partial charge in [0.1, 0.15) is 12.2 Å². The van der Waals surface area contributed by atoms with E-state index in [0.29, 0.717) is 44.5 Å². The van der Waals surface area contributed by atoms with Crippen molar-refractivity contribution in [3.05, 3.63) is 53.7 Å². The van der Waals surface area contributed by atoms with Gasteiger partial charge in [-0.3, -0.25) is 9.69 Å². The van der Waals surface area contributed by atoms with Crippen molar-refractivity contribution in [2.75, 3.05) is 26.2 Å². The summed E-state index contributed by atoms with van der Waals surface area (Å²) in [6, 6.07) is 8.21. The van der Waals surface area contributed by atoms with E-state index in [9.17, 15) is 9.59 Å². The van der Waals surface area contributed by atoms with Gasteiger partial charge in [-0.25, -0.2) is 9.48 Å². The van der Waals surface area contributed by atoms with E-state index >= 15 is 0 Å². The Kier molecular flexibility index (Phi) is 6.07. The van der Waals surface area contributed by atoms with Gasteiger partial charge >= 0.3 is 6.09 Å². The van der Waals surface area contributed by atoms with Gasteiger partial charge in [0.05, 0.1) is 29.5 Å². The van der Waals surface area contributed by atoms with Gasteiger partial charge in [0, 0.05) is 19.5 Å². The second-order valence-electron chi connectivity index (χ2n) is 10.6. The first kappa shape index (κ1) is 23.5. The third-order valence-electron chi connectivity index (χ3n) is 7.11. The fraction of sp³-hybridized carbons (Fsp3) is 0.519. The number of carbonyl (C=O) groups is 2. The van der Waals surface area contributed by atoms with E-state index in [1.54, 1.807) is 9.80 Å². The smallest absolute Gasteiger partial charge is 0.410 e. The minimum Gasteiger partial charge on any atom is -0.474 e. The normalized spacial score (nSPS) is 20.1. The minimum absolute atomic E-state index is 0.188. The molecule has 1 unspecified atom stereocenters. The molecule has 1 atom stereocenters. The average Bonchev–Trinajstić information content (AvgIpc) is 3.13. The minimum atomic E-state index is -0.624. The molecule has 0 spiro atoms. The summed E-state index contributed by atoms with van der Waals surface area (Å²) in [6.45, 7) is 10.7. The summed E-state index contributed by atoms with van der Waals surface area (Å²) in [5.74, 6) is 1.00. The lowest BCUT2D eigenvalue weighted by atomic mass is 9.80. The number of ether oxygens (including phenoxy) is 2. The fourth-order valence-electron chi connectivity index (χ4n) is 5.12. The molecule has 5 rings (SSSR count). The number of hydrogen-bond acceptors (Lipinski definition) is 5. The topological polar surface area (TPSA) is 76.9 Å². The summed E-state index contributed by atoms with van der Waals surface area (Å²) in [5, 5.41) is 4.84. The van der Waals surface area contributed by atoms with Crippen LogP contribution in [0, 0.1) is 0 Å². The Labute approximate surface area is 206 Å². The van der Waals surface area contributed by atoms with E-state index in [4.69, 9.17) is 14.6 Å². The van der Waals surface area contributed by atoms with Crippen LogP contribution < -0.4 is 4.74 Å². The molecule has 2 aromatic rings. The van der Waals surface area contributed by atoms with Crippen LogP contribution in [0.5, 0.6) is 5.88 Å². The molecule has 0 saturated heterocycles. The Hall–Kier alpha value is -3.29. The van der Waals surface area contributed by atoms with Gasteiger partial charge in [-0.2, -0.15) is 0 Å². The Balaban J connectivity index is 1.53. The van der Waals surface area contributed by atoms with Crippen molar-refractivity contribution >= 4 is 12.0 Å². The molecule has 1 aromatic heterocycles. The second kappa shape index (κ2) is 9.06. The van der Waals surface area contributed by atoms with E-state index in [1.165, 1.54) is 30.9 Å². The van der Waals surface area contributed by atoms with Crippen LogP contribution in [-0.4, -0.2) is 63.4 Å². The van der Waals surface area contributed by atoms with Gasteiger partial charge in [0.15, 0.2) is 0 Å². The number of carbonyl (C=O) groups excluding carboxylic acids is 2. The maximum Gasteiger partial charge on any atom is 0.410 e. The summed E-state index contributed by atoms with van der Waals surface area (Å²) >= 11 is 0. The monoisotopic (exact) mass is 478 g/mol. The first-order valence-corrected chi connectivity index (χ1v) is 12.5.